The van der Waals surface area contributed by atoms with E-state index in [1.165, 1.54) is 10.9 Å². The van der Waals surface area contributed by atoms with Crippen LogP contribution in [-0.2, 0) is 0 Å². The molecule has 1 aromatic carbocycles. The summed E-state index contributed by atoms with van der Waals surface area (Å²) in [5, 5.41) is 0.620. The molecule has 0 aliphatic heterocycles. The van der Waals surface area contributed by atoms with Crippen molar-refractivity contribution in [2.24, 2.45) is 5.73 Å². The van der Waals surface area contributed by atoms with Crippen molar-refractivity contribution < 1.29 is 0 Å². The Labute approximate surface area is 87.4 Å². The highest BCUT2D eigenvalue weighted by Crippen LogP contribution is 2.09. The number of rotatable bonds is 1. The summed E-state index contributed by atoms with van der Waals surface area (Å²) in [4.78, 5) is 16.2. The Morgan fingerprint density at radius 3 is 2.87 bits per heavy atom. The minimum Gasteiger partial charge on any atom is -0.311 e. The number of fused-ring (bicyclic) bond motifs is 1. The van der Waals surface area contributed by atoms with Gasteiger partial charge in [-0.25, -0.2) is 4.98 Å². The van der Waals surface area contributed by atoms with E-state index in [9.17, 15) is 4.79 Å². The van der Waals surface area contributed by atoms with Crippen LogP contribution < -0.4 is 11.3 Å². The van der Waals surface area contributed by atoms with Gasteiger partial charge in [0.25, 0.3) is 5.56 Å². The Kier molecular flexibility index (Phi) is 2.28. The summed E-state index contributed by atoms with van der Waals surface area (Å²) < 4.78 is 1.43. The van der Waals surface area contributed by atoms with Crippen molar-refractivity contribution in [2.75, 3.05) is 0 Å². The number of nitrogens with two attached hydrogens (primary N) is 1. The fourth-order valence-corrected chi connectivity index (χ4v) is 1.54. The van der Waals surface area contributed by atoms with E-state index in [2.05, 4.69) is 4.98 Å². The highest BCUT2D eigenvalue weighted by molar-refractivity contribution is 5.77. The van der Waals surface area contributed by atoms with Gasteiger partial charge in [0.2, 0.25) is 0 Å². The normalized spacial score (nSPS) is 13.0. The average molecular weight is 203 g/mol. The molecular weight excluding hydrogens is 190 g/mol. The van der Waals surface area contributed by atoms with Gasteiger partial charge in [0, 0.05) is 0 Å². The van der Waals surface area contributed by atoms with Crippen LogP contribution in [0.5, 0.6) is 0 Å². The lowest BCUT2D eigenvalue weighted by Gasteiger charge is -2.09. The summed E-state index contributed by atoms with van der Waals surface area (Å²) in [7, 11) is 0. The third-order valence-corrected chi connectivity index (χ3v) is 2.38. The fraction of sp³-hybridized carbons (Fsp3) is 0.273. The van der Waals surface area contributed by atoms with E-state index in [4.69, 9.17) is 5.73 Å². The Morgan fingerprint density at radius 2 is 2.20 bits per heavy atom. The van der Waals surface area contributed by atoms with Gasteiger partial charge >= 0.3 is 0 Å². The molecular formula is C11H13N3O. The number of aryl methyl sites for hydroxylation is 1. The summed E-state index contributed by atoms with van der Waals surface area (Å²) in [6.45, 7) is 3.70. The molecule has 0 saturated heterocycles. The van der Waals surface area contributed by atoms with Crippen molar-refractivity contribution in [1.29, 1.82) is 0 Å². The lowest BCUT2D eigenvalue weighted by Crippen LogP contribution is -2.28. The number of nitrogens with zero attached hydrogens (tertiary/aromatic N) is 2. The first kappa shape index (κ1) is 9.86. The molecule has 0 saturated carbocycles. The molecule has 2 aromatic rings. The average Bonchev–Trinajstić information content (AvgIpc) is 2.19. The van der Waals surface area contributed by atoms with Gasteiger partial charge in [0.05, 0.1) is 23.4 Å². The predicted molar refractivity (Wildman–Crippen MR) is 59.6 cm³/mol. The first-order valence-corrected chi connectivity index (χ1v) is 4.82. The van der Waals surface area contributed by atoms with Crippen molar-refractivity contribution in [3.8, 4) is 0 Å². The maximum absolute atomic E-state index is 12.0. The lowest BCUT2D eigenvalue weighted by molar-refractivity contribution is 0.547. The standard InChI is InChI=1S/C11H13N3O/c1-7-3-4-10-9(5-7)11(15)14(6-13-10)8(2)12/h3-6,8H,12H2,1-2H3. The van der Waals surface area contributed by atoms with Crippen molar-refractivity contribution in [2.45, 2.75) is 20.0 Å². The molecule has 0 spiro atoms. The van der Waals surface area contributed by atoms with Gasteiger partial charge in [-0.2, -0.15) is 0 Å². The molecule has 0 aliphatic rings. The minimum absolute atomic E-state index is 0.0845. The molecule has 4 nitrogen and oxygen atoms in total. The van der Waals surface area contributed by atoms with Crippen molar-refractivity contribution >= 4 is 10.9 Å². The quantitative estimate of drug-likeness (QED) is 0.757. The summed E-state index contributed by atoms with van der Waals surface area (Å²) >= 11 is 0. The van der Waals surface area contributed by atoms with Crippen LogP contribution in [-0.4, -0.2) is 9.55 Å². The first-order chi connectivity index (χ1) is 7.09. The molecule has 1 atom stereocenters. The molecule has 0 aliphatic carbocycles. The Morgan fingerprint density at radius 1 is 1.47 bits per heavy atom. The number of benzene rings is 1. The molecule has 0 bridgehead atoms. The van der Waals surface area contributed by atoms with Gasteiger partial charge in [-0.15, -0.1) is 0 Å². The van der Waals surface area contributed by atoms with Crippen molar-refractivity contribution in [3.05, 3.63) is 40.4 Å². The molecule has 2 rings (SSSR count). The maximum atomic E-state index is 12.0. The maximum Gasteiger partial charge on any atom is 0.262 e. The van der Waals surface area contributed by atoms with Gasteiger partial charge < -0.3 is 5.73 Å². The number of hydrogen-bond acceptors (Lipinski definition) is 3. The smallest absolute Gasteiger partial charge is 0.262 e. The van der Waals surface area contributed by atoms with E-state index in [0.717, 1.165) is 5.56 Å². The van der Waals surface area contributed by atoms with Crippen LogP contribution in [0.25, 0.3) is 10.9 Å². The minimum atomic E-state index is -0.352. The van der Waals surface area contributed by atoms with Gasteiger partial charge in [-0.3, -0.25) is 9.36 Å². The Hall–Kier alpha value is -1.68. The van der Waals surface area contributed by atoms with Gasteiger partial charge in [-0.1, -0.05) is 11.6 Å². The molecule has 78 valence electrons. The SMILES string of the molecule is Cc1ccc2ncn(C(C)N)c(=O)c2c1. The molecule has 1 heterocycles. The third-order valence-electron chi connectivity index (χ3n) is 2.38. The summed E-state index contributed by atoms with van der Waals surface area (Å²) in [6.07, 6.45) is 1.14. The van der Waals surface area contributed by atoms with Crippen LogP contribution in [0.1, 0.15) is 18.7 Å². The van der Waals surface area contributed by atoms with Crippen molar-refractivity contribution in [1.82, 2.24) is 9.55 Å². The molecule has 15 heavy (non-hydrogen) atoms. The van der Waals surface area contributed by atoms with E-state index in [-0.39, 0.29) is 11.7 Å². The number of hydrogen-bond donors (Lipinski definition) is 1. The topological polar surface area (TPSA) is 60.9 Å². The highest BCUT2D eigenvalue weighted by atomic mass is 16.1. The summed E-state index contributed by atoms with van der Waals surface area (Å²) in [6, 6.07) is 5.62. The molecule has 0 fully saturated rings. The molecule has 0 radical (unpaired) electrons. The zero-order valence-corrected chi connectivity index (χ0v) is 8.77. The number of aromatic nitrogens is 2. The molecule has 1 unspecified atom stereocenters. The van der Waals surface area contributed by atoms with Crippen LogP contribution in [0.2, 0.25) is 0 Å². The third kappa shape index (κ3) is 1.64. The second-order valence-electron chi connectivity index (χ2n) is 3.72. The lowest BCUT2D eigenvalue weighted by atomic mass is 10.2. The van der Waals surface area contributed by atoms with E-state index >= 15 is 0 Å². The largest absolute Gasteiger partial charge is 0.311 e. The van der Waals surface area contributed by atoms with Crippen LogP contribution in [0.15, 0.2) is 29.3 Å². The molecule has 4 heteroatoms. The Bertz CT molecular complexity index is 557. The van der Waals surface area contributed by atoms with E-state index in [0.29, 0.717) is 10.9 Å². The zero-order chi connectivity index (χ0) is 11.0. The molecule has 1 aromatic heterocycles. The first-order valence-electron chi connectivity index (χ1n) is 4.82. The van der Waals surface area contributed by atoms with Gasteiger partial charge in [-0.05, 0) is 26.0 Å². The second kappa shape index (κ2) is 3.47. The molecule has 2 N–H and O–H groups in total. The van der Waals surface area contributed by atoms with Gasteiger partial charge in [0.1, 0.15) is 0 Å². The van der Waals surface area contributed by atoms with Crippen LogP contribution in [0.3, 0.4) is 0 Å². The second-order valence-corrected chi connectivity index (χ2v) is 3.72. The van der Waals surface area contributed by atoms with Crippen LogP contribution in [0.4, 0.5) is 0 Å². The van der Waals surface area contributed by atoms with E-state index in [1.54, 1.807) is 6.92 Å². The Balaban J connectivity index is 2.83. The van der Waals surface area contributed by atoms with Crippen LogP contribution >= 0.6 is 0 Å². The monoisotopic (exact) mass is 203 g/mol. The van der Waals surface area contributed by atoms with Gasteiger partial charge in [0.15, 0.2) is 0 Å². The fourth-order valence-electron chi connectivity index (χ4n) is 1.54. The van der Waals surface area contributed by atoms with Crippen LogP contribution in [0, 0.1) is 6.92 Å². The predicted octanol–water partition coefficient (Wildman–Crippen LogP) is 1.18. The zero-order valence-electron chi connectivity index (χ0n) is 8.77. The van der Waals surface area contributed by atoms with Crippen molar-refractivity contribution in [3.63, 3.8) is 0 Å². The summed E-state index contributed by atoms with van der Waals surface area (Å²) in [5.74, 6) is 0. The van der Waals surface area contributed by atoms with E-state index in [1.807, 2.05) is 25.1 Å². The highest BCUT2D eigenvalue weighted by Gasteiger charge is 2.06. The van der Waals surface area contributed by atoms with E-state index < -0.39 is 0 Å². The summed E-state index contributed by atoms with van der Waals surface area (Å²) in [5.41, 5.74) is 7.34. The molecule has 0 amide bonds.